The average Bonchev–Trinajstić information content (AvgIpc) is 3.35. The predicted molar refractivity (Wildman–Crippen MR) is 104 cm³/mol. The molecule has 0 aromatic carbocycles. The molecule has 4 heterocycles. The van der Waals surface area contributed by atoms with E-state index in [0.29, 0.717) is 13.0 Å². The molecule has 1 amide bonds. The number of carboxylic acid groups (broad SMARTS) is 1. The number of likely N-dealkylation sites (tertiary alicyclic amines) is 1. The van der Waals surface area contributed by atoms with Crippen molar-refractivity contribution in [3.8, 4) is 0 Å². The van der Waals surface area contributed by atoms with Crippen molar-refractivity contribution in [3.63, 3.8) is 0 Å². The summed E-state index contributed by atoms with van der Waals surface area (Å²) in [5.41, 5.74) is 0. The van der Waals surface area contributed by atoms with Crippen molar-refractivity contribution >= 4 is 39.2 Å². The molecular weight excluding hydrogens is 364 g/mol. The Morgan fingerprint density at radius 1 is 1.22 bits per heavy atom. The van der Waals surface area contributed by atoms with E-state index in [1.807, 2.05) is 16.3 Å². The van der Waals surface area contributed by atoms with Crippen molar-refractivity contribution in [2.75, 3.05) is 24.5 Å². The summed E-state index contributed by atoms with van der Waals surface area (Å²) in [6.45, 7) is 2.27. The number of aromatic nitrogens is 2. The summed E-state index contributed by atoms with van der Waals surface area (Å²) in [5.74, 6) is 0.547. The number of rotatable bonds is 5. The Morgan fingerprint density at radius 3 is 2.93 bits per heavy atom. The van der Waals surface area contributed by atoms with Gasteiger partial charge in [0, 0.05) is 26.1 Å². The third kappa shape index (κ3) is 3.76. The van der Waals surface area contributed by atoms with Gasteiger partial charge in [0.15, 0.2) is 0 Å². The Balaban J connectivity index is 1.49. The number of nitrogens with zero attached hydrogens (tertiary/aromatic N) is 4. The third-order valence-electron chi connectivity index (χ3n) is 5.65. The molecule has 4 rings (SSSR count). The minimum Gasteiger partial charge on any atom is -0.481 e. The first-order valence-corrected chi connectivity index (χ1v) is 10.5. The first-order chi connectivity index (χ1) is 13.1. The number of hydrogen-bond donors (Lipinski definition) is 1. The monoisotopic (exact) mass is 388 g/mol. The molecule has 2 atom stereocenters. The maximum atomic E-state index is 13.3. The van der Waals surface area contributed by atoms with Gasteiger partial charge in [-0.15, -0.1) is 11.3 Å². The molecule has 2 aromatic heterocycles. The van der Waals surface area contributed by atoms with E-state index >= 15 is 0 Å². The van der Waals surface area contributed by atoms with Gasteiger partial charge in [-0.1, -0.05) is 0 Å². The Kier molecular flexibility index (Phi) is 5.24. The van der Waals surface area contributed by atoms with Crippen LogP contribution in [0.5, 0.6) is 0 Å². The highest BCUT2D eigenvalue weighted by Gasteiger charge is 2.36. The molecular formula is C19H24N4O3S. The van der Waals surface area contributed by atoms with Crippen LogP contribution in [0.15, 0.2) is 17.8 Å². The lowest BCUT2D eigenvalue weighted by atomic mass is 9.93. The van der Waals surface area contributed by atoms with Gasteiger partial charge in [0.05, 0.1) is 5.39 Å². The molecule has 144 valence electrons. The van der Waals surface area contributed by atoms with E-state index < -0.39 is 5.97 Å². The standard InChI is InChI=1S/C19H24N4O3S/c24-16(25)6-5-13-3-1-8-22(11-13)19(26)15-4-2-9-23(15)17-14-7-10-27-18(14)21-12-20-17/h7,10,12-13,15H,1-6,8-9,11H2,(H,24,25). The van der Waals surface area contributed by atoms with Crippen LogP contribution in [0.3, 0.4) is 0 Å². The predicted octanol–water partition coefficient (Wildman–Crippen LogP) is 2.76. The van der Waals surface area contributed by atoms with Crippen molar-refractivity contribution in [2.45, 2.75) is 44.6 Å². The number of anilines is 1. The SMILES string of the molecule is O=C(O)CCC1CCCN(C(=O)C2CCCN2c2ncnc3sccc23)C1. The van der Waals surface area contributed by atoms with Gasteiger partial charge < -0.3 is 14.9 Å². The largest absolute Gasteiger partial charge is 0.481 e. The molecule has 0 spiro atoms. The number of carboxylic acids is 1. The summed E-state index contributed by atoms with van der Waals surface area (Å²) in [6, 6.07) is 1.85. The maximum Gasteiger partial charge on any atom is 0.303 e. The second-order valence-electron chi connectivity index (χ2n) is 7.41. The van der Waals surface area contributed by atoms with Crippen molar-refractivity contribution in [2.24, 2.45) is 5.92 Å². The maximum absolute atomic E-state index is 13.3. The zero-order chi connectivity index (χ0) is 18.8. The lowest BCUT2D eigenvalue weighted by Crippen LogP contribution is -2.49. The van der Waals surface area contributed by atoms with Crippen LogP contribution in [0.2, 0.25) is 0 Å². The number of amides is 1. The number of hydrogen-bond acceptors (Lipinski definition) is 6. The molecule has 2 aromatic rings. The van der Waals surface area contributed by atoms with Crippen LogP contribution >= 0.6 is 11.3 Å². The van der Waals surface area contributed by atoms with Crippen LogP contribution in [-0.2, 0) is 9.59 Å². The molecule has 0 saturated carbocycles. The number of thiophene rings is 1. The van der Waals surface area contributed by atoms with E-state index in [4.69, 9.17) is 5.11 Å². The Morgan fingerprint density at radius 2 is 2.07 bits per heavy atom. The molecule has 27 heavy (non-hydrogen) atoms. The minimum absolute atomic E-state index is 0.162. The van der Waals surface area contributed by atoms with E-state index in [2.05, 4.69) is 14.9 Å². The first kappa shape index (κ1) is 18.2. The molecule has 0 radical (unpaired) electrons. The number of carbonyl (C=O) groups excluding carboxylic acids is 1. The van der Waals surface area contributed by atoms with Crippen molar-refractivity contribution in [1.29, 1.82) is 0 Å². The van der Waals surface area contributed by atoms with Gasteiger partial charge in [0.2, 0.25) is 5.91 Å². The molecule has 0 bridgehead atoms. The van der Waals surface area contributed by atoms with E-state index in [1.54, 1.807) is 17.7 Å². The fourth-order valence-corrected chi connectivity index (χ4v) is 5.05. The summed E-state index contributed by atoms with van der Waals surface area (Å²) >= 11 is 1.58. The minimum atomic E-state index is -0.760. The number of fused-ring (bicyclic) bond motifs is 1. The fourth-order valence-electron chi connectivity index (χ4n) is 4.32. The molecule has 2 saturated heterocycles. The van der Waals surface area contributed by atoms with Crippen molar-refractivity contribution in [1.82, 2.24) is 14.9 Å². The second-order valence-corrected chi connectivity index (χ2v) is 8.31. The van der Waals surface area contributed by atoms with Crippen LogP contribution in [0.4, 0.5) is 5.82 Å². The Labute approximate surface area is 162 Å². The number of piperidine rings is 1. The highest BCUT2D eigenvalue weighted by molar-refractivity contribution is 7.16. The van der Waals surface area contributed by atoms with Crippen LogP contribution in [0.25, 0.3) is 10.2 Å². The van der Waals surface area contributed by atoms with Gasteiger partial charge in [-0.3, -0.25) is 9.59 Å². The molecule has 2 aliphatic heterocycles. The normalized spacial score (nSPS) is 23.1. The lowest BCUT2D eigenvalue weighted by Gasteiger charge is -2.36. The van der Waals surface area contributed by atoms with Crippen LogP contribution in [0.1, 0.15) is 38.5 Å². The zero-order valence-electron chi connectivity index (χ0n) is 15.2. The molecule has 0 aliphatic carbocycles. The average molecular weight is 388 g/mol. The molecule has 2 fully saturated rings. The van der Waals surface area contributed by atoms with Crippen molar-refractivity contribution < 1.29 is 14.7 Å². The van der Waals surface area contributed by atoms with Gasteiger partial charge in [0.25, 0.3) is 0 Å². The quantitative estimate of drug-likeness (QED) is 0.848. The van der Waals surface area contributed by atoms with E-state index in [0.717, 1.165) is 54.8 Å². The van der Waals surface area contributed by atoms with Gasteiger partial charge in [-0.2, -0.15) is 0 Å². The lowest BCUT2D eigenvalue weighted by molar-refractivity contribution is -0.137. The molecule has 8 heteroatoms. The van der Waals surface area contributed by atoms with Crippen molar-refractivity contribution in [3.05, 3.63) is 17.8 Å². The number of aliphatic carboxylic acids is 1. The number of carbonyl (C=O) groups is 2. The van der Waals surface area contributed by atoms with Gasteiger partial charge >= 0.3 is 5.97 Å². The summed E-state index contributed by atoms with van der Waals surface area (Å²) in [5, 5.41) is 11.9. The smallest absolute Gasteiger partial charge is 0.303 e. The van der Waals surface area contributed by atoms with Gasteiger partial charge in [-0.05, 0) is 49.5 Å². The summed E-state index contributed by atoms with van der Waals surface area (Å²) < 4.78 is 0. The van der Waals surface area contributed by atoms with E-state index in [9.17, 15) is 9.59 Å². The summed E-state index contributed by atoms with van der Waals surface area (Å²) in [4.78, 5) is 38.0. The highest BCUT2D eigenvalue weighted by Crippen LogP contribution is 2.33. The second kappa shape index (κ2) is 7.80. The van der Waals surface area contributed by atoms with Crippen LogP contribution in [-0.4, -0.2) is 57.5 Å². The molecule has 7 nitrogen and oxygen atoms in total. The zero-order valence-corrected chi connectivity index (χ0v) is 16.0. The van der Waals surface area contributed by atoms with Gasteiger partial charge in [-0.25, -0.2) is 9.97 Å². The summed E-state index contributed by atoms with van der Waals surface area (Å²) in [7, 11) is 0. The Bertz CT molecular complexity index is 839. The highest BCUT2D eigenvalue weighted by atomic mass is 32.1. The molecule has 2 unspecified atom stereocenters. The topological polar surface area (TPSA) is 86.6 Å². The molecule has 1 N–H and O–H groups in total. The van der Waals surface area contributed by atoms with E-state index in [1.165, 1.54) is 0 Å². The molecule has 2 aliphatic rings. The fraction of sp³-hybridized carbons (Fsp3) is 0.579. The van der Waals surface area contributed by atoms with E-state index in [-0.39, 0.29) is 24.3 Å². The summed E-state index contributed by atoms with van der Waals surface area (Å²) in [6.07, 6.45) is 6.18. The van der Waals surface area contributed by atoms with Crippen LogP contribution < -0.4 is 4.90 Å². The van der Waals surface area contributed by atoms with Crippen LogP contribution in [0, 0.1) is 5.92 Å². The third-order valence-corrected chi connectivity index (χ3v) is 6.47. The Hall–Kier alpha value is -2.22. The first-order valence-electron chi connectivity index (χ1n) is 9.59. The van der Waals surface area contributed by atoms with Gasteiger partial charge in [0.1, 0.15) is 23.0 Å².